The molecule has 0 bridgehead atoms. The van der Waals surface area contributed by atoms with E-state index in [4.69, 9.17) is 5.26 Å². The quantitative estimate of drug-likeness (QED) is 0.838. The number of nitrogens with zero attached hydrogens (tertiary/aromatic N) is 1. The molecule has 126 valence electrons. The Morgan fingerprint density at radius 3 is 2.54 bits per heavy atom. The van der Waals surface area contributed by atoms with E-state index in [2.05, 4.69) is 4.72 Å². The van der Waals surface area contributed by atoms with E-state index in [1.807, 2.05) is 6.07 Å². The number of benzene rings is 2. The van der Waals surface area contributed by atoms with Gasteiger partial charge in [0.2, 0.25) is 10.0 Å². The van der Waals surface area contributed by atoms with Crippen molar-refractivity contribution in [2.45, 2.75) is 24.8 Å². The number of halogens is 1. The Morgan fingerprint density at radius 1 is 1.25 bits per heavy atom. The predicted octanol–water partition coefficient (Wildman–Crippen LogP) is 2.24. The second kappa shape index (κ2) is 7.53. The zero-order valence-corrected chi connectivity index (χ0v) is 13.8. The van der Waals surface area contributed by atoms with E-state index >= 15 is 0 Å². The number of hydrogen-bond donors (Lipinski definition) is 2. The SMILES string of the molecule is C[C@@H](NS(=O)(=O)Cc1cccc(C#N)c1)[C@H](O)c1ccc(F)cc1. The molecule has 2 N–H and O–H groups in total. The molecule has 2 aromatic rings. The van der Waals surface area contributed by atoms with Crippen molar-refractivity contribution in [1.82, 2.24) is 4.72 Å². The number of rotatable bonds is 6. The van der Waals surface area contributed by atoms with Crippen LogP contribution in [-0.2, 0) is 15.8 Å². The summed E-state index contributed by atoms with van der Waals surface area (Å²) in [4.78, 5) is 0. The summed E-state index contributed by atoms with van der Waals surface area (Å²) in [5.41, 5.74) is 1.27. The van der Waals surface area contributed by atoms with Crippen molar-refractivity contribution >= 4 is 10.0 Å². The van der Waals surface area contributed by atoms with Crippen LogP contribution in [0.25, 0.3) is 0 Å². The van der Waals surface area contributed by atoms with E-state index in [1.54, 1.807) is 18.2 Å². The monoisotopic (exact) mass is 348 g/mol. The van der Waals surface area contributed by atoms with Gasteiger partial charge in [0.25, 0.3) is 0 Å². The highest BCUT2D eigenvalue weighted by atomic mass is 32.2. The van der Waals surface area contributed by atoms with Gasteiger partial charge in [-0.1, -0.05) is 24.3 Å². The third kappa shape index (κ3) is 4.86. The molecule has 0 saturated carbocycles. The van der Waals surface area contributed by atoms with Gasteiger partial charge >= 0.3 is 0 Å². The Morgan fingerprint density at radius 2 is 1.92 bits per heavy atom. The zero-order valence-electron chi connectivity index (χ0n) is 13.0. The van der Waals surface area contributed by atoms with Gasteiger partial charge in [0, 0.05) is 6.04 Å². The molecule has 0 aliphatic heterocycles. The minimum absolute atomic E-state index is 0.303. The van der Waals surface area contributed by atoms with Crippen LogP contribution in [-0.4, -0.2) is 19.6 Å². The largest absolute Gasteiger partial charge is 0.387 e. The van der Waals surface area contributed by atoms with Crippen molar-refractivity contribution in [1.29, 1.82) is 5.26 Å². The zero-order chi connectivity index (χ0) is 17.7. The van der Waals surface area contributed by atoms with Gasteiger partial charge in [0.15, 0.2) is 0 Å². The number of hydrogen-bond acceptors (Lipinski definition) is 4. The van der Waals surface area contributed by atoms with Crippen LogP contribution in [0.5, 0.6) is 0 Å². The number of aliphatic hydroxyl groups is 1. The molecule has 2 rings (SSSR count). The van der Waals surface area contributed by atoms with Crippen LogP contribution in [0.2, 0.25) is 0 Å². The summed E-state index contributed by atoms with van der Waals surface area (Å²) in [6, 6.07) is 12.7. The molecule has 7 heteroatoms. The Balaban J connectivity index is 2.07. The molecular weight excluding hydrogens is 331 g/mol. The highest BCUT2D eigenvalue weighted by molar-refractivity contribution is 7.88. The molecule has 0 radical (unpaired) electrons. The minimum Gasteiger partial charge on any atom is -0.387 e. The summed E-state index contributed by atoms with van der Waals surface area (Å²) < 4.78 is 39.8. The molecular formula is C17H17FN2O3S. The van der Waals surface area contributed by atoms with Crippen LogP contribution in [0.1, 0.15) is 29.7 Å². The van der Waals surface area contributed by atoms with Gasteiger partial charge in [-0.2, -0.15) is 5.26 Å². The summed E-state index contributed by atoms with van der Waals surface area (Å²) in [5, 5.41) is 19.0. The maximum absolute atomic E-state index is 12.9. The van der Waals surface area contributed by atoms with E-state index < -0.39 is 28.0 Å². The maximum atomic E-state index is 12.9. The summed E-state index contributed by atoms with van der Waals surface area (Å²) >= 11 is 0. The standard InChI is InChI=1S/C17H17FN2O3S/c1-12(17(21)15-5-7-16(18)8-6-15)20-24(22,23)11-14-4-2-3-13(9-14)10-19/h2-9,12,17,20-21H,11H2,1H3/t12-,17+/m1/s1. The second-order valence-corrected chi connectivity index (χ2v) is 7.23. The predicted molar refractivity (Wildman–Crippen MR) is 87.7 cm³/mol. The molecule has 0 aliphatic carbocycles. The van der Waals surface area contributed by atoms with Gasteiger partial charge < -0.3 is 5.11 Å². The smallest absolute Gasteiger partial charge is 0.216 e. The molecule has 0 spiro atoms. The fraction of sp³-hybridized carbons (Fsp3) is 0.235. The molecule has 0 saturated heterocycles. The lowest BCUT2D eigenvalue weighted by Crippen LogP contribution is -2.37. The topological polar surface area (TPSA) is 90.2 Å². The molecule has 24 heavy (non-hydrogen) atoms. The molecule has 2 atom stereocenters. The number of sulfonamides is 1. The van der Waals surface area contributed by atoms with Crippen molar-refractivity contribution in [2.75, 3.05) is 0 Å². The van der Waals surface area contributed by atoms with Gasteiger partial charge in [-0.15, -0.1) is 0 Å². The summed E-state index contributed by atoms with van der Waals surface area (Å²) in [5.74, 6) is -0.736. The molecule has 0 aromatic heterocycles. The van der Waals surface area contributed by atoms with Crippen LogP contribution in [0, 0.1) is 17.1 Å². The van der Waals surface area contributed by atoms with Crippen LogP contribution < -0.4 is 4.72 Å². The van der Waals surface area contributed by atoms with Crippen molar-refractivity contribution in [3.05, 3.63) is 71.0 Å². The lowest BCUT2D eigenvalue weighted by molar-refractivity contribution is 0.146. The summed E-state index contributed by atoms with van der Waals surface area (Å²) in [6.07, 6.45) is -1.11. The fourth-order valence-electron chi connectivity index (χ4n) is 2.29. The lowest BCUT2D eigenvalue weighted by atomic mass is 10.0. The summed E-state index contributed by atoms with van der Waals surface area (Å²) in [6.45, 7) is 1.53. The molecule has 0 heterocycles. The van der Waals surface area contributed by atoms with Crippen LogP contribution >= 0.6 is 0 Å². The number of aliphatic hydroxyl groups excluding tert-OH is 1. The first-order valence-corrected chi connectivity index (χ1v) is 8.88. The normalized spacial score (nSPS) is 13.9. The number of nitrogens with one attached hydrogen (secondary N) is 1. The Kier molecular flexibility index (Phi) is 5.67. The average Bonchev–Trinajstić information content (AvgIpc) is 2.54. The van der Waals surface area contributed by atoms with Crippen LogP contribution in [0.15, 0.2) is 48.5 Å². The Labute approximate surface area is 140 Å². The van der Waals surface area contributed by atoms with Crippen LogP contribution in [0.3, 0.4) is 0 Å². The first-order chi connectivity index (χ1) is 11.3. The molecule has 0 unspecified atom stereocenters. The third-order valence-electron chi connectivity index (χ3n) is 3.46. The van der Waals surface area contributed by atoms with Crippen molar-refractivity contribution in [3.8, 4) is 6.07 Å². The van der Waals surface area contributed by atoms with Gasteiger partial charge in [-0.05, 0) is 42.3 Å². The molecule has 0 aliphatic rings. The highest BCUT2D eigenvalue weighted by Crippen LogP contribution is 2.18. The van der Waals surface area contributed by atoms with Crippen molar-refractivity contribution < 1.29 is 17.9 Å². The van der Waals surface area contributed by atoms with E-state index in [9.17, 15) is 17.9 Å². The lowest BCUT2D eigenvalue weighted by Gasteiger charge is -2.20. The van der Waals surface area contributed by atoms with E-state index in [1.165, 1.54) is 37.3 Å². The fourth-order valence-corrected chi connectivity index (χ4v) is 3.69. The first-order valence-electron chi connectivity index (χ1n) is 7.23. The summed E-state index contributed by atoms with van der Waals surface area (Å²) in [7, 11) is -3.71. The molecule has 0 fully saturated rings. The Hall–Kier alpha value is -2.27. The average molecular weight is 348 g/mol. The van der Waals surface area contributed by atoms with Crippen molar-refractivity contribution in [2.24, 2.45) is 0 Å². The third-order valence-corrected chi connectivity index (χ3v) is 4.91. The van der Waals surface area contributed by atoms with E-state index in [0.29, 0.717) is 16.7 Å². The van der Waals surface area contributed by atoms with Crippen LogP contribution in [0.4, 0.5) is 4.39 Å². The highest BCUT2D eigenvalue weighted by Gasteiger charge is 2.22. The molecule has 0 amide bonds. The van der Waals surface area contributed by atoms with Gasteiger partial charge in [0.1, 0.15) is 5.82 Å². The van der Waals surface area contributed by atoms with Gasteiger partial charge in [-0.25, -0.2) is 17.5 Å². The second-order valence-electron chi connectivity index (χ2n) is 5.47. The van der Waals surface area contributed by atoms with Gasteiger partial charge in [-0.3, -0.25) is 0 Å². The molecule has 5 nitrogen and oxygen atoms in total. The number of nitriles is 1. The molecule has 2 aromatic carbocycles. The Bertz CT molecular complexity index is 845. The minimum atomic E-state index is -3.71. The van der Waals surface area contributed by atoms with Crippen molar-refractivity contribution in [3.63, 3.8) is 0 Å². The van der Waals surface area contributed by atoms with E-state index in [0.717, 1.165) is 0 Å². The van der Waals surface area contributed by atoms with Gasteiger partial charge in [0.05, 0.1) is 23.5 Å². The van der Waals surface area contributed by atoms with E-state index in [-0.39, 0.29) is 5.75 Å². The first kappa shape index (κ1) is 18.1. The maximum Gasteiger partial charge on any atom is 0.216 e.